The van der Waals surface area contributed by atoms with E-state index in [0.29, 0.717) is 29.5 Å². The average Bonchev–Trinajstić information content (AvgIpc) is 2.60. The molecule has 9 heteroatoms. The summed E-state index contributed by atoms with van der Waals surface area (Å²) in [6.45, 7) is 1.92. The van der Waals surface area contributed by atoms with Crippen molar-refractivity contribution in [3.63, 3.8) is 0 Å². The molecule has 0 spiro atoms. The molecule has 0 saturated carbocycles. The van der Waals surface area contributed by atoms with Gasteiger partial charge in [0.2, 0.25) is 0 Å². The van der Waals surface area contributed by atoms with Crippen molar-refractivity contribution >= 4 is 22.4 Å². The van der Waals surface area contributed by atoms with Crippen LogP contribution in [0.4, 0.5) is 37.8 Å². The van der Waals surface area contributed by atoms with Crippen molar-refractivity contribution in [2.45, 2.75) is 25.7 Å². The van der Waals surface area contributed by atoms with Crippen LogP contribution in [0.2, 0.25) is 0 Å². The van der Waals surface area contributed by atoms with Gasteiger partial charge in [-0.3, -0.25) is 0 Å². The fraction of sp³-hybridized carbons (Fsp3) is 0.222. The van der Waals surface area contributed by atoms with E-state index in [1.54, 1.807) is 12.1 Å². The summed E-state index contributed by atoms with van der Waals surface area (Å²) in [5.41, 5.74) is -1.70. The molecule has 2 aromatic carbocycles. The minimum absolute atomic E-state index is 0.0818. The molecule has 0 radical (unpaired) electrons. The van der Waals surface area contributed by atoms with Gasteiger partial charge in [-0.05, 0) is 42.3 Å². The molecule has 0 aliphatic rings. The van der Waals surface area contributed by atoms with Crippen LogP contribution in [-0.4, -0.2) is 9.97 Å². The number of benzene rings is 2. The van der Waals surface area contributed by atoms with Crippen LogP contribution in [0.5, 0.6) is 0 Å². The molecule has 1 N–H and O–H groups in total. The van der Waals surface area contributed by atoms with Gasteiger partial charge in [0.1, 0.15) is 12.1 Å². The molecule has 0 aliphatic carbocycles. The van der Waals surface area contributed by atoms with Crippen molar-refractivity contribution in [3.05, 3.63) is 59.4 Å². The molecule has 0 unspecified atom stereocenters. The van der Waals surface area contributed by atoms with Crippen LogP contribution in [0.3, 0.4) is 0 Å². The van der Waals surface area contributed by atoms with E-state index >= 15 is 0 Å². The van der Waals surface area contributed by atoms with Crippen LogP contribution < -0.4 is 5.32 Å². The largest absolute Gasteiger partial charge is 0.416 e. The number of rotatable bonds is 3. The van der Waals surface area contributed by atoms with Crippen LogP contribution in [0.25, 0.3) is 10.9 Å². The second-order valence-corrected chi connectivity index (χ2v) is 5.85. The number of aryl methyl sites for hydroxylation is 1. The van der Waals surface area contributed by atoms with E-state index in [2.05, 4.69) is 15.3 Å². The highest BCUT2D eigenvalue weighted by molar-refractivity contribution is 5.91. The minimum Gasteiger partial charge on any atom is -0.340 e. The Hall–Kier alpha value is -2.84. The van der Waals surface area contributed by atoms with Crippen molar-refractivity contribution in [2.75, 3.05) is 5.32 Å². The van der Waals surface area contributed by atoms with Crippen LogP contribution >= 0.6 is 0 Å². The zero-order chi connectivity index (χ0) is 19.8. The third kappa shape index (κ3) is 4.12. The van der Waals surface area contributed by atoms with Crippen LogP contribution in [-0.2, 0) is 18.8 Å². The number of hydrogen-bond acceptors (Lipinski definition) is 3. The highest BCUT2D eigenvalue weighted by atomic mass is 19.4. The fourth-order valence-corrected chi connectivity index (χ4v) is 2.59. The standard InChI is InChI=1S/C18H13F6N3/c1-2-10-3-4-15-14(5-10)16(26-9-25-15)27-13-7-11(17(19,20)21)6-12(8-13)18(22,23)24/h3-9H,2H2,1H3,(H,25,26,27). The van der Waals surface area contributed by atoms with Crippen LogP contribution in [0.1, 0.15) is 23.6 Å². The molecule has 0 saturated heterocycles. The number of fused-ring (bicyclic) bond motifs is 1. The molecular formula is C18H13F6N3. The summed E-state index contributed by atoms with van der Waals surface area (Å²) in [4.78, 5) is 8.04. The molecule has 3 nitrogen and oxygen atoms in total. The van der Waals surface area contributed by atoms with Crippen LogP contribution in [0, 0.1) is 0 Å². The summed E-state index contributed by atoms with van der Waals surface area (Å²) in [5.74, 6) is 0.128. The summed E-state index contributed by atoms with van der Waals surface area (Å²) in [6, 6.07) is 6.62. The molecule has 0 bridgehead atoms. The SMILES string of the molecule is CCc1ccc2ncnc(Nc3cc(C(F)(F)F)cc(C(F)(F)F)c3)c2c1. The molecular weight excluding hydrogens is 372 g/mol. The first kappa shape index (κ1) is 18.9. The van der Waals surface area contributed by atoms with Gasteiger partial charge < -0.3 is 5.32 Å². The lowest BCUT2D eigenvalue weighted by Crippen LogP contribution is -2.11. The second kappa shape index (κ2) is 6.71. The molecule has 0 aliphatic heterocycles. The predicted molar refractivity (Wildman–Crippen MR) is 88.6 cm³/mol. The first-order chi connectivity index (χ1) is 12.6. The Kier molecular flexibility index (Phi) is 4.71. The van der Waals surface area contributed by atoms with Gasteiger partial charge in [-0.2, -0.15) is 26.3 Å². The van der Waals surface area contributed by atoms with Gasteiger partial charge in [0.15, 0.2) is 0 Å². The lowest BCUT2D eigenvalue weighted by molar-refractivity contribution is -0.143. The third-order valence-electron chi connectivity index (χ3n) is 3.96. The Morgan fingerprint density at radius 1 is 0.852 bits per heavy atom. The second-order valence-electron chi connectivity index (χ2n) is 5.85. The van der Waals surface area contributed by atoms with E-state index in [1.807, 2.05) is 13.0 Å². The van der Waals surface area contributed by atoms with Gasteiger partial charge in [0.05, 0.1) is 16.6 Å². The van der Waals surface area contributed by atoms with E-state index in [0.717, 1.165) is 5.56 Å². The maximum atomic E-state index is 13.0. The lowest BCUT2D eigenvalue weighted by Gasteiger charge is -2.15. The van der Waals surface area contributed by atoms with Crippen molar-refractivity contribution in [2.24, 2.45) is 0 Å². The van der Waals surface area contributed by atoms with Gasteiger partial charge in [0.25, 0.3) is 0 Å². The molecule has 3 aromatic rings. The maximum absolute atomic E-state index is 13.0. The van der Waals surface area contributed by atoms with Crippen LogP contribution in [0.15, 0.2) is 42.7 Å². The fourth-order valence-electron chi connectivity index (χ4n) is 2.59. The monoisotopic (exact) mass is 385 g/mol. The molecule has 0 atom stereocenters. The lowest BCUT2D eigenvalue weighted by atomic mass is 10.1. The Labute approximate surface area is 150 Å². The Bertz CT molecular complexity index is 947. The van der Waals surface area contributed by atoms with Gasteiger partial charge >= 0.3 is 12.4 Å². The number of nitrogens with zero attached hydrogens (tertiary/aromatic N) is 2. The highest BCUT2D eigenvalue weighted by Crippen LogP contribution is 2.38. The molecule has 0 amide bonds. The van der Waals surface area contributed by atoms with E-state index in [4.69, 9.17) is 0 Å². The smallest absolute Gasteiger partial charge is 0.340 e. The quantitative estimate of drug-likeness (QED) is 0.564. The third-order valence-corrected chi connectivity index (χ3v) is 3.96. The summed E-state index contributed by atoms with van der Waals surface area (Å²) in [5, 5.41) is 3.07. The normalized spacial score (nSPS) is 12.4. The van der Waals surface area contributed by atoms with Crippen molar-refractivity contribution in [3.8, 4) is 0 Å². The average molecular weight is 385 g/mol. The summed E-state index contributed by atoms with van der Waals surface area (Å²) in [6.07, 6.45) is -7.94. The zero-order valence-corrected chi connectivity index (χ0v) is 13.9. The van der Waals surface area contributed by atoms with Crippen molar-refractivity contribution in [1.82, 2.24) is 9.97 Å². The topological polar surface area (TPSA) is 37.8 Å². The zero-order valence-electron chi connectivity index (χ0n) is 13.9. The molecule has 1 aromatic heterocycles. The van der Waals surface area contributed by atoms with Crippen molar-refractivity contribution < 1.29 is 26.3 Å². The van der Waals surface area contributed by atoms with E-state index in [9.17, 15) is 26.3 Å². The molecule has 0 fully saturated rings. The number of alkyl halides is 6. The Balaban J connectivity index is 2.11. The minimum atomic E-state index is -4.92. The summed E-state index contributed by atoms with van der Waals surface area (Å²) >= 11 is 0. The number of halogens is 6. The van der Waals surface area contributed by atoms with Gasteiger partial charge in [-0.15, -0.1) is 0 Å². The Morgan fingerprint density at radius 2 is 1.48 bits per heavy atom. The van der Waals surface area contributed by atoms with Gasteiger partial charge in [-0.1, -0.05) is 13.0 Å². The number of anilines is 2. The van der Waals surface area contributed by atoms with E-state index in [-0.39, 0.29) is 17.6 Å². The maximum Gasteiger partial charge on any atom is 0.416 e. The van der Waals surface area contributed by atoms with E-state index < -0.39 is 23.5 Å². The summed E-state index contributed by atoms with van der Waals surface area (Å²) in [7, 11) is 0. The first-order valence-electron chi connectivity index (χ1n) is 7.88. The van der Waals surface area contributed by atoms with Crippen molar-refractivity contribution in [1.29, 1.82) is 0 Å². The first-order valence-corrected chi connectivity index (χ1v) is 7.88. The highest BCUT2D eigenvalue weighted by Gasteiger charge is 2.37. The Morgan fingerprint density at radius 3 is 2.04 bits per heavy atom. The number of aromatic nitrogens is 2. The molecule has 142 valence electrons. The van der Waals surface area contributed by atoms with Gasteiger partial charge in [0, 0.05) is 11.1 Å². The molecule has 27 heavy (non-hydrogen) atoms. The van der Waals surface area contributed by atoms with Gasteiger partial charge in [-0.25, -0.2) is 9.97 Å². The number of nitrogens with one attached hydrogen (secondary N) is 1. The molecule has 1 heterocycles. The summed E-state index contributed by atoms with van der Waals surface area (Å²) < 4.78 is 78.0. The molecule has 3 rings (SSSR count). The predicted octanol–water partition coefficient (Wildman–Crippen LogP) is 5.97. The number of hydrogen-bond donors (Lipinski definition) is 1. The van der Waals surface area contributed by atoms with E-state index in [1.165, 1.54) is 6.33 Å².